The number of benzene rings is 2. The van der Waals surface area contributed by atoms with Crippen LogP contribution in [0.15, 0.2) is 73.3 Å². The summed E-state index contributed by atoms with van der Waals surface area (Å²) in [4.78, 5) is 37.7. The lowest BCUT2D eigenvalue weighted by Gasteiger charge is -2.16. The number of nitrogens with two attached hydrogens (primary N) is 1. The van der Waals surface area contributed by atoms with Crippen LogP contribution in [-0.4, -0.2) is 50.1 Å². The molecule has 0 bridgehead atoms. The van der Waals surface area contributed by atoms with Crippen LogP contribution in [0.3, 0.4) is 0 Å². The Bertz CT molecular complexity index is 1310. The first kappa shape index (κ1) is 21.7. The molecular formula is C24H22N6O4. The zero-order valence-electron chi connectivity index (χ0n) is 18.1. The molecule has 1 aliphatic rings. The fourth-order valence-electron chi connectivity index (χ4n) is 3.82. The second kappa shape index (κ2) is 9.38. The van der Waals surface area contributed by atoms with Crippen molar-refractivity contribution in [2.45, 2.75) is 24.8 Å². The van der Waals surface area contributed by atoms with Gasteiger partial charge in [0.2, 0.25) is 0 Å². The van der Waals surface area contributed by atoms with Crippen LogP contribution in [0.4, 0.5) is 5.82 Å². The van der Waals surface area contributed by atoms with Gasteiger partial charge in [0, 0.05) is 18.0 Å². The molecule has 0 radical (unpaired) electrons. The second-order valence-electron chi connectivity index (χ2n) is 7.86. The molecule has 2 aromatic heterocycles. The summed E-state index contributed by atoms with van der Waals surface area (Å²) >= 11 is 0. The lowest BCUT2D eigenvalue weighted by atomic mass is 10.1. The molecule has 1 amide bonds. The maximum Gasteiger partial charge on any atom is 0.338 e. The van der Waals surface area contributed by atoms with Gasteiger partial charge in [-0.15, -0.1) is 0 Å². The molecule has 0 spiro atoms. The SMILES string of the molecule is NC1C[C@H](n2cnc3c(NC(=O)c4ccccc4)ncnc32)O[C@@H]1COC(=O)c1ccccc1. The highest BCUT2D eigenvalue weighted by Gasteiger charge is 2.35. The van der Waals surface area contributed by atoms with Crippen molar-refractivity contribution < 1.29 is 19.1 Å². The number of esters is 1. The molecule has 1 unspecified atom stereocenters. The number of nitrogens with zero attached hydrogens (tertiary/aromatic N) is 4. The number of aromatic nitrogens is 4. The third-order valence-electron chi connectivity index (χ3n) is 5.61. The Morgan fingerprint density at radius 1 is 1.03 bits per heavy atom. The minimum Gasteiger partial charge on any atom is -0.459 e. The minimum absolute atomic E-state index is 0.0331. The zero-order valence-corrected chi connectivity index (χ0v) is 18.1. The van der Waals surface area contributed by atoms with Gasteiger partial charge in [0.25, 0.3) is 5.91 Å². The van der Waals surface area contributed by atoms with Crippen molar-refractivity contribution >= 4 is 28.9 Å². The van der Waals surface area contributed by atoms with E-state index in [1.165, 1.54) is 6.33 Å². The van der Waals surface area contributed by atoms with Crippen LogP contribution in [0.25, 0.3) is 11.2 Å². The number of carbonyl (C=O) groups excluding carboxylic acids is 2. The highest BCUT2D eigenvalue weighted by Crippen LogP contribution is 2.31. The molecule has 1 fully saturated rings. The summed E-state index contributed by atoms with van der Waals surface area (Å²) < 4.78 is 13.2. The van der Waals surface area contributed by atoms with E-state index in [2.05, 4.69) is 20.3 Å². The molecule has 2 aromatic carbocycles. The molecule has 0 saturated carbocycles. The Morgan fingerprint density at radius 3 is 2.47 bits per heavy atom. The van der Waals surface area contributed by atoms with E-state index >= 15 is 0 Å². The molecule has 1 saturated heterocycles. The van der Waals surface area contributed by atoms with Gasteiger partial charge < -0.3 is 20.5 Å². The number of imidazole rings is 1. The molecule has 172 valence electrons. The van der Waals surface area contributed by atoms with Gasteiger partial charge in [0.05, 0.1) is 11.9 Å². The largest absolute Gasteiger partial charge is 0.459 e. The molecule has 34 heavy (non-hydrogen) atoms. The van der Waals surface area contributed by atoms with Crippen molar-refractivity contribution in [2.24, 2.45) is 5.73 Å². The van der Waals surface area contributed by atoms with Crippen LogP contribution in [-0.2, 0) is 9.47 Å². The van der Waals surface area contributed by atoms with Crippen molar-refractivity contribution in [2.75, 3.05) is 11.9 Å². The number of rotatable bonds is 6. The Kier molecular flexibility index (Phi) is 5.98. The van der Waals surface area contributed by atoms with E-state index < -0.39 is 18.3 Å². The monoisotopic (exact) mass is 458 g/mol. The van der Waals surface area contributed by atoms with Crippen LogP contribution >= 0.6 is 0 Å². The molecule has 10 nitrogen and oxygen atoms in total. The smallest absolute Gasteiger partial charge is 0.338 e. The number of hydrogen-bond acceptors (Lipinski definition) is 8. The number of hydrogen-bond donors (Lipinski definition) is 2. The van der Waals surface area contributed by atoms with Gasteiger partial charge >= 0.3 is 5.97 Å². The van der Waals surface area contributed by atoms with Gasteiger partial charge in [-0.2, -0.15) is 0 Å². The average molecular weight is 458 g/mol. The molecule has 3 N–H and O–H groups in total. The van der Waals surface area contributed by atoms with Crippen molar-refractivity contribution in [3.05, 3.63) is 84.4 Å². The highest BCUT2D eigenvalue weighted by molar-refractivity contribution is 6.06. The highest BCUT2D eigenvalue weighted by atomic mass is 16.6. The van der Waals surface area contributed by atoms with Crippen molar-refractivity contribution in [3.8, 4) is 0 Å². The summed E-state index contributed by atoms with van der Waals surface area (Å²) in [6.07, 6.45) is 2.49. The first-order valence-corrected chi connectivity index (χ1v) is 10.8. The fraction of sp³-hybridized carbons (Fsp3) is 0.208. The van der Waals surface area contributed by atoms with Gasteiger partial charge in [-0.3, -0.25) is 9.36 Å². The Morgan fingerprint density at radius 2 is 1.74 bits per heavy atom. The van der Waals surface area contributed by atoms with Crippen LogP contribution in [0.2, 0.25) is 0 Å². The van der Waals surface area contributed by atoms with E-state index in [-0.39, 0.29) is 18.6 Å². The van der Waals surface area contributed by atoms with Crippen molar-refractivity contribution in [3.63, 3.8) is 0 Å². The number of amides is 1. The molecule has 3 atom stereocenters. The number of anilines is 1. The molecule has 4 aromatic rings. The third kappa shape index (κ3) is 4.36. The number of carbonyl (C=O) groups is 2. The maximum absolute atomic E-state index is 12.5. The van der Waals surface area contributed by atoms with Gasteiger partial charge in [-0.05, 0) is 24.3 Å². The van der Waals surface area contributed by atoms with Crippen LogP contribution < -0.4 is 11.1 Å². The summed E-state index contributed by atoms with van der Waals surface area (Å²) in [5.41, 5.74) is 8.17. The van der Waals surface area contributed by atoms with E-state index in [4.69, 9.17) is 15.2 Å². The molecule has 10 heteroatoms. The maximum atomic E-state index is 12.5. The van der Waals surface area contributed by atoms with E-state index in [0.29, 0.717) is 34.5 Å². The summed E-state index contributed by atoms with van der Waals surface area (Å²) in [5, 5.41) is 2.78. The number of ether oxygens (including phenoxy) is 2. The molecular weight excluding hydrogens is 436 g/mol. The van der Waals surface area contributed by atoms with Gasteiger partial charge in [-0.25, -0.2) is 19.7 Å². The normalized spacial score (nSPS) is 19.7. The zero-order chi connectivity index (χ0) is 23.5. The first-order chi connectivity index (χ1) is 16.6. The van der Waals surface area contributed by atoms with Crippen molar-refractivity contribution in [1.82, 2.24) is 19.5 Å². The molecule has 5 rings (SSSR count). The Balaban J connectivity index is 1.29. The van der Waals surface area contributed by atoms with E-state index in [0.717, 1.165) is 0 Å². The average Bonchev–Trinajstić information content (AvgIpc) is 3.47. The van der Waals surface area contributed by atoms with Crippen LogP contribution in [0.5, 0.6) is 0 Å². The Hall–Kier alpha value is -4.15. The molecule has 1 aliphatic heterocycles. The van der Waals surface area contributed by atoms with E-state index in [1.807, 2.05) is 12.1 Å². The van der Waals surface area contributed by atoms with Crippen LogP contribution in [0, 0.1) is 0 Å². The first-order valence-electron chi connectivity index (χ1n) is 10.8. The predicted octanol–water partition coefficient (Wildman–Crippen LogP) is 2.55. The quantitative estimate of drug-likeness (QED) is 0.421. The van der Waals surface area contributed by atoms with Crippen molar-refractivity contribution in [1.29, 1.82) is 0 Å². The van der Waals surface area contributed by atoms with Gasteiger partial charge in [0.15, 0.2) is 17.0 Å². The third-order valence-corrected chi connectivity index (χ3v) is 5.61. The van der Waals surface area contributed by atoms with Gasteiger partial charge in [-0.1, -0.05) is 36.4 Å². The predicted molar refractivity (Wildman–Crippen MR) is 123 cm³/mol. The van der Waals surface area contributed by atoms with E-state index in [9.17, 15) is 9.59 Å². The Labute approximate surface area is 194 Å². The van der Waals surface area contributed by atoms with Gasteiger partial charge in [0.1, 0.15) is 25.3 Å². The minimum atomic E-state index is -0.478. The topological polar surface area (TPSA) is 134 Å². The number of nitrogens with one attached hydrogen (secondary N) is 1. The standard InChI is InChI=1S/C24H22N6O4/c25-17-11-19(34-18(17)12-33-24(32)16-9-5-2-6-10-16)30-14-28-20-21(26-13-27-22(20)30)29-23(31)15-7-3-1-4-8-15/h1-10,13-14,17-19H,11-12,25H2,(H,26,27,29,31)/t17?,18-,19-/m1/s1. The number of fused-ring (bicyclic) bond motifs is 1. The summed E-state index contributed by atoms with van der Waals surface area (Å²) in [6, 6.07) is 17.2. The molecule has 3 heterocycles. The lowest BCUT2D eigenvalue weighted by Crippen LogP contribution is -2.34. The molecule has 0 aliphatic carbocycles. The summed E-state index contributed by atoms with van der Waals surface area (Å²) in [6.45, 7) is 0.0331. The van der Waals surface area contributed by atoms with Crippen LogP contribution in [0.1, 0.15) is 33.4 Å². The second-order valence-corrected chi connectivity index (χ2v) is 7.86. The fourth-order valence-corrected chi connectivity index (χ4v) is 3.82. The summed E-state index contributed by atoms with van der Waals surface area (Å²) in [5.74, 6) is -0.428. The summed E-state index contributed by atoms with van der Waals surface area (Å²) in [7, 11) is 0. The lowest BCUT2D eigenvalue weighted by molar-refractivity contribution is -0.0332. The van der Waals surface area contributed by atoms with E-state index in [1.54, 1.807) is 59.4 Å².